The maximum atomic E-state index is 13.1. The fraction of sp³-hybridized carbons (Fsp3) is 0.480. The normalized spacial score (nSPS) is 31.7. The van der Waals surface area contributed by atoms with Crippen molar-refractivity contribution in [3.05, 3.63) is 71.8 Å². The molecule has 0 radical (unpaired) electrons. The molecule has 0 bridgehead atoms. The van der Waals surface area contributed by atoms with Gasteiger partial charge in [0.25, 0.3) is 0 Å². The fourth-order valence-corrected chi connectivity index (χ4v) is 4.33. The number of benzene rings is 2. The van der Waals surface area contributed by atoms with Crippen molar-refractivity contribution in [3.63, 3.8) is 0 Å². The quantitative estimate of drug-likeness (QED) is 0.705. The summed E-state index contributed by atoms with van der Waals surface area (Å²) >= 11 is 0. The molecular weight excluding hydrogens is 380 g/mol. The van der Waals surface area contributed by atoms with Gasteiger partial charge in [0.05, 0.1) is 31.8 Å². The highest BCUT2D eigenvalue weighted by Crippen LogP contribution is 2.40. The van der Waals surface area contributed by atoms with E-state index < -0.39 is 18.0 Å². The number of rotatable bonds is 6. The van der Waals surface area contributed by atoms with Crippen LogP contribution in [0.2, 0.25) is 0 Å². The molecule has 0 N–H and O–H groups in total. The Hall–Kier alpha value is -2.05. The van der Waals surface area contributed by atoms with Gasteiger partial charge in [0.2, 0.25) is 5.79 Å². The second-order valence-corrected chi connectivity index (χ2v) is 8.29. The van der Waals surface area contributed by atoms with E-state index in [9.17, 15) is 4.79 Å². The van der Waals surface area contributed by atoms with E-state index in [0.717, 1.165) is 24.0 Å². The van der Waals surface area contributed by atoms with Crippen LogP contribution in [-0.4, -0.2) is 36.0 Å². The van der Waals surface area contributed by atoms with Gasteiger partial charge in [-0.25, -0.2) is 0 Å². The Kier molecular flexibility index (Phi) is 6.64. The maximum Gasteiger partial charge on any atom is 0.202 e. The van der Waals surface area contributed by atoms with Crippen LogP contribution in [0.3, 0.4) is 0 Å². The molecular formula is C25H30O5. The molecule has 2 aromatic rings. The Labute approximate surface area is 178 Å². The molecule has 1 spiro atoms. The van der Waals surface area contributed by atoms with Gasteiger partial charge in [-0.15, -0.1) is 0 Å². The lowest BCUT2D eigenvalue weighted by atomic mass is 9.88. The van der Waals surface area contributed by atoms with E-state index in [0.29, 0.717) is 13.2 Å². The van der Waals surface area contributed by atoms with Crippen LogP contribution in [0.25, 0.3) is 0 Å². The summed E-state index contributed by atoms with van der Waals surface area (Å²) in [6, 6.07) is 19.9. The number of carbonyl (C=O) groups excluding carboxylic acids is 1. The molecule has 30 heavy (non-hydrogen) atoms. The molecule has 160 valence electrons. The summed E-state index contributed by atoms with van der Waals surface area (Å²) in [5.41, 5.74) is 2.12. The molecule has 2 fully saturated rings. The van der Waals surface area contributed by atoms with Crippen LogP contribution in [0.4, 0.5) is 0 Å². The smallest absolute Gasteiger partial charge is 0.202 e. The second-order valence-electron chi connectivity index (χ2n) is 8.29. The Morgan fingerprint density at radius 2 is 1.47 bits per heavy atom. The first-order valence-electron chi connectivity index (χ1n) is 10.7. The first-order chi connectivity index (χ1) is 14.6. The lowest BCUT2D eigenvalue weighted by molar-refractivity contribution is -0.355. The van der Waals surface area contributed by atoms with Gasteiger partial charge in [-0.2, -0.15) is 0 Å². The molecule has 0 aromatic heterocycles. The fourth-order valence-electron chi connectivity index (χ4n) is 4.33. The molecule has 0 amide bonds. The van der Waals surface area contributed by atoms with Gasteiger partial charge in [0, 0.05) is 0 Å². The minimum atomic E-state index is -1.05. The number of ether oxygens (including phenoxy) is 4. The van der Waals surface area contributed by atoms with Crippen molar-refractivity contribution in [2.45, 2.75) is 76.5 Å². The van der Waals surface area contributed by atoms with Crippen molar-refractivity contribution in [2.24, 2.45) is 0 Å². The third kappa shape index (κ3) is 4.81. The molecule has 2 heterocycles. The summed E-state index contributed by atoms with van der Waals surface area (Å²) in [6.45, 7) is 4.74. The Morgan fingerprint density at radius 3 is 2.07 bits per heavy atom. The van der Waals surface area contributed by atoms with Gasteiger partial charge >= 0.3 is 0 Å². The first kappa shape index (κ1) is 21.2. The van der Waals surface area contributed by atoms with Crippen LogP contribution in [0.1, 0.15) is 44.2 Å². The zero-order chi connectivity index (χ0) is 21.0. The van der Waals surface area contributed by atoms with E-state index in [2.05, 4.69) is 0 Å². The van der Waals surface area contributed by atoms with E-state index >= 15 is 0 Å². The largest absolute Gasteiger partial charge is 0.368 e. The number of ketones is 1. The molecule has 4 rings (SSSR count). The highest BCUT2D eigenvalue weighted by Gasteiger charge is 2.54. The molecule has 2 aromatic carbocycles. The standard InChI is InChI=1S/C25H30O5/c1-18-13-14-23(27-16-20-9-5-3-6-10-20)25(29-18)15-22(26)24(19(2)30-25)28-17-21-11-7-4-8-12-21/h3-12,18-19,23-24H,13-17H2,1-2H3/t18-,19+,23+,24+,25-/m1/s1. The van der Waals surface area contributed by atoms with E-state index in [1.54, 1.807) is 0 Å². The highest BCUT2D eigenvalue weighted by atomic mass is 16.7. The van der Waals surface area contributed by atoms with Crippen LogP contribution >= 0.6 is 0 Å². The van der Waals surface area contributed by atoms with Gasteiger partial charge < -0.3 is 18.9 Å². The first-order valence-corrected chi connectivity index (χ1v) is 10.7. The van der Waals surface area contributed by atoms with E-state index in [1.165, 1.54) is 0 Å². The minimum absolute atomic E-state index is 0.00657. The number of carbonyl (C=O) groups is 1. The molecule has 0 saturated carbocycles. The van der Waals surface area contributed by atoms with Gasteiger partial charge in [0.15, 0.2) is 5.78 Å². The van der Waals surface area contributed by atoms with Crippen LogP contribution in [0.5, 0.6) is 0 Å². The Balaban J connectivity index is 1.44. The van der Waals surface area contributed by atoms with Crippen LogP contribution in [0.15, 0.2) is 60.7 Å². The third-order valence-corrected chi connectivity index (χ3v) is 5.84. The number of hydrogen-bond acceptors (Lipinski definition) is 5. The SMILES string of the molecule is C[C@@H]1CC[C@H](OCc2ccccc2)[C@]2(CC(=O)[C@@H](OCc3ccccc3)[C@H](C)O2)O1. The predicted octanol–water partition coefficient (Wildman–Crippen LogP) is 4.43. The molecule has 2 aliphatic heterocycles. The average Bonchev–Trinajstić information content (AvgIpc) is 2.74. The minimum Gasteiger partial charge on any atom is -0.368 e. The lowest BCUT2D eigenvalue weighted by Crippen LogP contribution is -2.62. The second kappa shape index (κ2) is 9.40. The number of Topliss-reactive ketones (excluding diaryl/α,β-unsaturated/α-hetero) is 1. The predicted molar refractivity (Wildman–Crippen MR) is 113 cm³/mol. The van der Waals surface area contributed by atoms with Gasteiger partial charge in [0.1, 0.15) is 12.2 Å². The highest BCUT2D eigenvalue weighted by molar-refractivity contribution is 5.85. The average molecular weight is 411 g/mol. The maximum absolute atomic E-state index is 13.1. The summed E-state index contributed by atoms with van der Waals surface area (Å²) in [6.07, 6.45) is 0.513. The Morgan fingerprint density at radius 1 is 0.867 bits per heavy atom. The van der Waals surface area contributed by atoms with Crippen molar-refractivity contribution < 1.29 is 23.7 Å². The molecule has 2 saturated heterocycles. The summed E-state index contributed by atoms with van der Waals surface area (Å²) < 4.78 is 24.8. The van der Waals surface area contributed by atoms with Crippen molar-refractivity contribution in [1.29, 1.82) is 0 Å². The number of hydrogen-bond donors (Lipinski definition) is 0. The summed E-state index contributed by atoms with van der Waals surface area (Å²) in [4.78, 5) is 13.1. The monoisotopic (exact) mass is 410 g/mol. The van der Waals surface area contributed by atoms with Gasteiger partial charge in [-0.1, -0.05) is 60.7 Å². The zero-order valence-corrected chi connectivity index (χ0v) is 17.7. The topological polar surface area (TPSA) is 54.0 Å². The van der Waals surface area contributed by atoms with Gasteiger partial charge in [-0.3, -0.25) is 4.79 Å². The Bertz CT molecular complexity index is 824. The summed E-state index contributed by atoms with van der Waals surface area (Å²) in [5, 5.41) is 0. The summed E-state index contributed by atoms with van der Waals surface area (Å²) in [7, 11) is 0. The third-order valence-electron chi connectivity index (χ3n) is 5.84. The van der Waals surface area contributed by atoms with Crippen molar-refractivity contribution >= 4 is 5.78 Å². The molecule has 2 aliphatic rings. The molecule has 5 heteroatoms. The summed E-state index contributed by atoms with van der Waals surface area (Å²) in [5.74, 6) is -1.04. The van der Waals surface area contributed by atoms with E-state index in [4.69, 9.17) is 18.9 Å². The molecule has 0 aliphatic carbocycles. The van der Waals surface area contributed by atoms with Gasteiger partial charge in [-0.05, 0) is 37.8 Å². The van der Waals surface area contributed by atoms with E-state index in [1.807, 2.05) is 74.5 Å². The molecule has 5 atom stereocenters. The van der Waals surface area contributed by atoms with Crippen molar-refractivity contribution in [1.82, 2.24) is 0 Å². The molecule has 5 nitrogen and oxygen atoms in total. The van der Waals surface area contributed by atoms with Crippen LogP contribution in [-0.2, 0) is 37.0 Å². The van der Waals surface area contributed by atoms with E-state index in [-0.39, 0.29) is 24.4 Å². The van der Waals surface area contributed by atoms with Crippen LogP contribution in [0, 0.1) is 0 Å². The van der Waals surface area contributed by atoms with Crippen LogP contribution < -0.4 is 0 Å². The van der Waals surface area contributed by atoms with Crippen molar-refractivity contribution in [3.8, 4) is 0 Å². The molecule has 0 unspecified atom stereocenters. The zero-order valence-electron chi connectivity index (χ0n) is 17.7. The van der Waals surface area contributed by atoms with Crippen molar-refractivity contribution in [2.75, 3.05) is 0 Å². The lowest BCUT2D eigenvalue weighted by Gasteiger charge is -2.50.